The molecule has 2 N–H and O–H groups in total. The summed E-state index contributed by atoms with van der Waals surface area (Å²) in [6.07, 6.45) is 4.17. The SMILES string of the molecule is CN=C(NCCCCCOC)NCCc1cccc(C(=O)N(C)C)c1.I. The number of amides is 1. The number of carbonyl (C=O) groups is 1. The zero-order valence-corrected chi connectivity index (χ0v) is 18.7. The minimum Gasteiger partial charge on any atom is -0.385 e. The molecule has 0 heterocycles. The minimum atomic E-state index is 0. The molecule has 1 aromatic rings. The fourth-order valence-electron chi connectivity index (χ4n) is 2.42. The molecule has 0 aromatic heterocycles. The minimum absolute atomic E-state index is 0. The molecule has 0 fully saturated rings. The number of benzene rings is 1. The molecule has 0 atom stereocenters. The standard InChI is InChI=1S/C19H32N4O2.HI/c1-20-19(21-12-6-5-7-14-25-4)22-13-11-16-9-8-10-17(15-16)18(24)23(2)3;/h8-10,15H,5-7,11-14H2,1-4H3,(H2,20,21,22);1H. The van der Waals surface area contributed by atoms with Crippen molar-refractivity contribution in [1.29, 1.82) is 0 Å². The Kier molecular flexibility index (Phi) is 14.0. The van der Waals surface area contributed by atoms with E-state index >= 15 is 0 Å². The number of ether oxygens (including phenoxy) is 1. The number of nitrogens with one attached hydrogen (secondary N) is 2. The van der Waals surface area contributed by atoms with Crippen LogP contribution in [0.5, 0.6) is 0 Å². The van der Waals surface area contributed by atoms with Crippen LogP contribution in [0.4, 0.5) is 0 Å². The van der Waals surface area contributed by atoms with Crippen molar-refractivity contribution in [2.75, 3.05) is 47.9 Å². The number of hydrogen-bond acceptors (Lipinski definition) is 3. The van der Waals surface area contributed by atoms with Gasteiger partial charge in [-0.1, -0.05) is 12.1 Å². The van der Waals surface area contributed by atoms with E-state index in [1.165, 1.54) is 0 Å². The van der Waals surface area contributed by atoms with Crippen LogP contribution in [0.15, 0.2) is 29.3 Å². The first kappa shape index (κ1) is 24.7. The Labute approximate surface area is 174 Å². The largest absolute Gasteiger partial charge is 0.385 e. The summed E-state index contributed by atoms with van der Waals surface area (Å²) >= 11 is 0. The normalized spacial score (nSPS) is 10.8. The third kappa shape index (κ3) is 9.96. The van der Waals surface area contributed by atoms with Gasteiger partial charge in [-0.3, -0.25) is 9.79 Å². The molecule has 1 amide bonds. The highest BCUT2D eigenvalue weighted by atomic mass is 127. The van der Waals surface area contributed by atoms with Crippen LogP contribution in [0.2, 0.25) is 0 Å². The molecule has 0 aliphatic heterocycles. The van der Waals surface area contributed by atoms with Gasteiger partial charge in [0.05, 0.1) is 0 Å². The third-order valence-corrected chi connectivity index (χ3v) is 3.83. The van der Waals surface area contributed by atoms with E-state index < -0.39 is 0 Å². The Morgan fingerprint density at radius 3 is 2.54 bits per heavy atom. The Hall–Kier alpha value is -1.35. The van der Waals surface area contributed by atoms with Crippen molar-refractivity contribution in [2.24, 2.45) is 4.99 Å². The number of nitrogens with zero attached hydrogens (tertiary/aromatic N) is 2. The van der Waals surface area contributed by atoms with Crippen LogP contribution < -0.4 is 10.6 Å². The van der Waals surface area contributed by atoms with Crippen molar-refractivity contribution in [3.05, 3.63) is 35.4 Å². The molecule has 0 unspecified atom stereocenters. The molecule has 6 nitrogen and oxygen atoms in total. The second-order valence-electron chi connectivity index (χ2n) is 6.13. The Balaban J connectivity index is 0.00000625. The second-order valence-corrected chi connectivity index (χ2v) is 6.13. The highest BCUT2D eigenvalue weighted by Gasteiger charge is 2.08. The van der Waals surface area contributed by atoms with Crippen molar-refractivity contribution in [2.45, 2.75) is 25.7 Å². The molecular weight excluding hydrogens is 443 g/mol. The molecule has 7 heteroatoms. The predicted octanol–water partition coefficient (Wildman–Crippen LogP) is 2.53. The van der Waals surface area contributed by atoms with Crippen molar-refractivity contribution < 1.29 is 9.53 Å². The number of rotatable bonds is 10. The summed E-state index contributed by atoms with van der Waals surface area (Å²) < 4.78 is 5.04. The molecular formula is C19H33IN4O2. The molecule has 0 bridgehead atoms. The maximum absolute atomic E-state index is 12.0. The summed E-state index contributed by atoms with van der Waals surface area (Å²) in [7, 11) is 7.04. The topological polar surface area (TPSA) is 66.0 Å². The average Bonchev–Trinajstić information content (AvgIpc) is 2.62. The van der Waals surface area contributed by atoms with E-state index in [4.69, 9.17) is 4.74 Å². The summed E-state index contributed by atoms with van der Waals surface area (Å²) in [5, 5.41) is 6.62. The van der Waals surface area contributed by atoms with Gasteiger partial charge in [0.1, 0.15) is 0 Å². The van der Waals surface area contributed by atoms with E-state index in [0.29, 0.717) is 0 Å². The summed E-state index contributed by atoms with van der Waals surface area (Å²) in [6.45, 7) is 2.49. The van der Waals surface area contributed by atoms with Crippen LogP contribution in [0, 0.1) is 0 Å². The molecule has 26 heavy (non-hydrogen) atoms. The first-order valence-electron chi connectivity index (χ1n) is 8.82. The molecule has 0 aliphatic carbocycles. The van der Waals surface area contributed by atoms with Crippen LogP contribution in [0.25, 0.3) is 0 Å². The van der Waals surface area contributed by atoms with Gasteiger partial charge in [-0.15, -0.1) is 24.0 Å². The lowest BCUT2D eigenvalue weighted by Gasteiger charge is -2.13. The fraction of sp³-hybridized carbons (Fsp3) is 0.579. The molecule has 0 aliphatic rings. The fourth-order valence-corrected chi connectivity index (χ4v) is 2.42. The summed E-state index contributed by atoms with van der Waals surface area (Å²) in [4.78, 5) is 17.8. The lowest BCUT2D eigenvalue weighted by Crippen LogP contribution is -2.38. The van der Waals surface area contributed by atoms with Crippen LogP contribution in [-0.4, -0.2) is 64.7 Å². The van der Waals surface area contributed by atoms with Gasteiger partial charge < -0.3 is 20.3 Å². The summed E-state index contributed by atoms with van der Waals surface area (Å²) in [5.74, 6) is 0.841. The van der Waals surface area contributed by atoms with E-state index in [0.717, 1.165) is 62.5 Å². The number of methoxy groups -OCH3 is 1. The van der Waals surface area contributed by atoms with Crippen LogP contribution in [0.1, 0.15) is 35.2 Å². The molecule has 1 rings (SSSR count). The zero-order valence-electron chi connectivity index (χ0n) is 16.4. The molecule has 0 saturated carbocycles. The lowest BCUT2D eigenvalue weighted by molar-refractivity contribution is 0.0827. The third-order valence-electron chi connectivity index (χ3n) is 3.83. The van der Waals surface area contributed by atoms with Gasteiger partial charge >= 0.3 is 0 Å². The van der Waals surface area contributed by atoms with Crippen LogP contribution in [-0.2, 0) is 11.2 Å². The van der Waals surface area contributed by atoms with Gasteiger partial charge in [0.2, 0.25) is 0 Å². The number of hydrogen-bond donors (Lipinski definition) is 2. The molecule has 0 spiro atoms. The predicted molar refractivity (Wildman–Crippen MR) is 119 cm³/mol. The number of unbranched alkanes of at least 4 members (excludes halogenated alkanes) is 2. The number of aliphatic imine (C=N–C) groups is 1. The maximum Gasteiger partial charge on any atom is 0.253 e. The first-order valence-corrected chi connectivity index (χ1v) is 8.82. The highest BCUT2D eigenvalue weighted by Crippen LogP contribution is 2.07. The number of carbonyl (C=O) groups excluding carboxylic acids is 1. The van der Waals surface area contributed by atoms with Crippen molar-refractivity contribution in [3.8, 4) is 0 Å². The average molecular weight is 476 g/mol. The quantitative estimate of drug-likeness (QED) is 0.236. The van der Waals surface area contributed by atoms with Crippen molar-refractivity contribution in [3.63, 3.8) is 0 Å². The van der Waals surface area contributed by atoms with E-state index in [1.54, 1.807) is 33.2 Å². The Bertz CT molecular complexity index is 550. The molecule has 0 radical (unpaired) electrons. The van der Waals surface area contributed by atoms with Gasteiger partial charge in [0, 0.05) is 53.5 Å². The Morgan fingerprint density at radius 1 is 1.15 bits per heavy atom. The van der Waals surface area contributed by atoms with Gasteiger partial charge in [-0.25, -0.2) is 0 Å². The van der Waals surface area contributed by atoms with E-state index in [1.807, 2.05) is 24.3 Å². The van der Waals surface area contributed by atoms with Crippen LogP contribution in [0.3, 0.4) is 0 Å². The number of guanidine groups is 1. The van der Waals surface area contributed by atoms with E-state index in [2.05, 4.69) is 15.6 Å². The lowest BCUT2D eigenvalue weighted by atomic mass is 10.1. The van der Waals surface area contributed by atoms with Crippen molar-refractivity contribution >= 4 is 35.8 Å². The second kappa shape index (κ2) is 14.8. The molecule has 0 saturated heterocycles. The van der Waals surface area contributed by atoms with Gasteiger partial charge in [-0.2, -0.15) is 0 Å². The van der Waals surface area contributed by atoms with E-state index in [9.17, 15) is 4.79 Å². The zero-order chi connectivity index (χ0) is 18.5. The van der Waals surface area contributed by atoms with Gasteiger partial charge in [0.15, 0.2) is 5.96 Å². The monoisotopic (exact) mass is 476 g/mol. The molecule has 148 valence electrons. The van der Waals surface area contributed by atoms with Gasteiger partial charge in [0.25, 0.3) is 5.91 Å². The summed E-state index contributed by atoms with van der Waals surface area (Å²) in [5.41, 5.74) is 1.86. The summed E-state index contributed by atoms with van der Waals surface area (Å²) in [6, 6.07) is 7.78. The smallest absolute Gasteiger partial charge is 0.253 e. The maximum atomic E-state index is 12.0. The highest BCUT2D eigenvalue weighted by molar-refractivity contribution is 14.0. The van der Waals surface area contributed by atoms with Gasteiger partial charge in [-0.05, 0) is 43.4 Å². The van der Waals surface area contributed by atoms with Crippen LogP contribution >= 0.6 is 24.0 Å². The first-order chi connectivity index (χ1) is 12.1. The Morgan fingerprint density at radius 2 is 1.88 bits per heavy atom. The number of halogens is 1. The van der Waals surface area contributed by atoms with E-state index in [-0.39, 0.29) is 29.9 Å². The van der Waals surface area contributed by atoms with Crippen molar-refractivity contribution in [1.82, 2.24) is 15.5 Å². The molecule has 1 aromatic carbocycles.